The first-order chi connectivity index (χ1) is 23.7. The Bertz CT molecular complexity index is 2240. The van der Waals surface area contributed by atoms with Gasteiger partial charge in [0, 0.05) is 46.7 Å². The van der Waals surface area contributed by atoms with Crippen molar-refractivity contribution in [3.8, 4) is 45.3 Å². The van der Waals surface area contributed by atoms with Crippen LogP contribution in [-0.2, 0) is 0 Å². The maximum Gasteiger partial charge on any atom is 0.326 e. The number of pyridine rings is 8. The average Bonchev–Trinajstić information content (AvgIpc) is 3.15. The van der Waals surface area contributed by atoms with Gasteiger partial charge in [0.1, 0.15) is 11.6 Å². The van der Waals surface area contributed by atoms with Crippen LogP contribution in [0.4, 0.5) is 16.4 Å². The van der Waals surface area contributed by atoms with Crippen LogP contribution >= 0.6 is 0 Å². The molecule has 0 saturated heterocycles. The van der Waals surface area contributed by atoms with Crippen molar-refractivity contribution in [3.05, 3.63) is 134 Å². The van der Waals surface area contributed by atoms with Gasteiger partial charge < -0.3 is 0 Å². The number of urea groups is 1. The highest BCUT2D eigenvalue weighted by molar-refractivity contribution is 6.01. The molecule has 0 bridgehead atoms. The molecule has 8 aromatic rings. The lowest BCUT2D eigenvalue weighted by Crippen LogP contribution is -2.20. The van der Waals surface area contributed by atoms with Crippen LogP contribution in [0.15, 0.2) is 134 Å². The summed E-state index contributed by atoms with van der Waals surface area (Å²) in [4.78, 5) is 50.2. The van der Waals surface area contributed by atoms with Crippen molar-refractivity contribution in [1.82, 2.24) is 39.9 Å². The van der Waals surface area contributed by atoms with Gasteiger partial charge in [-0.2, -0.15) is 0 Å². The van der Waals surface area contributed by atoms with Gasteiger partial charge in [0.05, 0.1) is 34.2 Å². The maximum atomic E-state index is 13.2. The molecule has 0 aromatic carbocycles. The summed E-state index contributed by atoms with van der Waals surface area (Å²) in [7, 11) is 0. The van der Waals surface area contributed by atoms with E-state index in [1.54, 1.807) is 36.9 Å². The number of hydrogen-bond donors (Lipinski definition) is 2. The fourth-order valence-electron chi connectivity index (χ4n) is 5.37. The molecule has 0 spiro atoms. The predicted molar refractivity (Wildman–Crippen MR) is 185 cm³/mol. The molecule has 8 aromatic heterocycles. The van der Waals surface area contributed by atoms with Crippen LogP contribution in [0.3, 0.4) is 0 Å². The number of carbonyl (C=O) groups excluding carboxylic acids is 1. The molecule has 0 radical (unpaired) electrons. The van der Waals surface area contributed by atoms with Crippen molar-refractivity contribution in [2.75, 3.05) is 10.6 Å². The van der Waals surface area contributed by atoms with Crippen molar-refractivity contribution in [2.45, 2.75) is 0 Å². The fraction of sp³-hybridized carbons (Fsp3) is 0. The molecule has 8 rings (SSSR count). The SMILES string of the molecule is O=C(Nc1ccc2c(-c3ccccn3)cc(-c3ccccn3)nc2n1)Nc1ccc2c(-c3ccccn3)cc(-c3ccccn3)nc2n1. The van der Waals surface area contributed by atoms with Gasteiger partial charge >= 0.3 is 6.03 Å². The van der Waals surface area contributed by atoms with Gasteiger partial charge in [0.2, 0.25) is 0 Å². The Labute approximate surface area is 273 Å². The standard InChI is InChI=1S/C37H24N10O/c48-37(46-33-15-13-23-25(27-9-1-5-17-38-27)21-31(42-35(23)44-33)29-11-3-7-19-40-29)47-34-16-14-24-26(28-10-2-6-18-39-28)22-32(43-36(24)45-34)30-12-4-8-20-41-30/h1-22H,(H2,42,43,44,45,46,47,48). The van der Waals surface area contributed by atoms with Crippen molar-refractivity contribution in [1.29, 1.82) is 0 Å². The molecular weight excluding hydrogens is 600 g/mol. The van der Waals surface area contributed by atoms with Crippen LogP contribution in [0.5, 0.6) is 0 Å². The second-order valence-electron chi connectivity index (χ2n) is 10.7. The van der Waals surface area contributed by atoms with E-state index in [1.807, 2.05) is 97.1 Å². The van der Waals surface area contributed by atoms with E-state index in [0.29, 0.717) is 45.7 Å². The Morgan fingerprint density at radius 3 is 1.19 bits per heavy atom. The Kier molecular flexibility index (Phi) is 7.36. The third-order valence-electron chi connectivity index (χ3n) is 7.56. The summed E-state index contributed by atoms with van der Waals surface area (Å²) < 4.78 is 0. The van der Waals surface area contributed by atoms with E-state index in [-0.39, 0.29) is 0 Å². The van der Waals surface area contributed by atoms with E-state index in [4.69, 9.17) is 9.97 Å². The van der Waals surface area contributed by atoms with E-state index >= 15 is 0 Å². The normalized spacial score (nSPS) is 11.0. The van der Waals surface area contributed by atoms with E-state index in [0.717, 1.165) is 33.3 Å². The van der Waals surface area contributed by atoms with E-state index in [1.165, 1.54) is 0 Å². The summed E-state index contributed by atoms with van der Waals surface area (Å²) in [6, 6.07) is 33.3. The zero-order valence-corrected chi connectivity index (χ0v) is 25.2. The summed E-state index contributed by atoms with van der Waals surface area (Å²) in [6.45, 7) is 0. The zero-order chi connectivity index (χ0) is 32.3. The predicted octanol–water partition coefficient (Wildman–Crippen LogP) is 7.47. The molecule has 11 heteroatoms. The van der Waals surface area contributed by atoms with E-state index < -0.39 is 6.03 Å². The molecule has 0 aliphatic rings. The number of carbonyl (C=O) groups is 1. The Morgan fingerprint density at radius 2 is 0.812 bits per heavy atom. The molecule has 0 unspecified atom stereocenters. The topological polar surface area (TPSA) is 144 Å². The zero-order valence-electron chi connectivity index (χ0n) is 25.2. The molecule has 48 heavy (non-hydrogen) atoms. The smallest absolute Gasteiger partial charge is 0.292 e. The highest BCUT2D eigenvalue weighted by Gasteiger charge is 2.16. The lowest BCUT2D eigenvalue weighted by molar-refractivity contribution is 0.262. The summed E-state index contributed by atoms with van der Waals surface area (Å²) >= 11 is 0. The van der Waals surface area contributed by atoms with Crippen LogP contribution in [0.25, 0.3) is 67.4 Å². The highest BCUT2D eigenvalue weighted by atomic mass is 16.2. The Balaban J connectivity index is 1.11. The van der Waals surface area contributed by atoms with Crippen LogP contribution in [-0.4, -0.2) is 45.9 Å². The van der Waals surface area contributed by atoms with Gasteiger partial charge in [-0.1, -0.05) is 24.3 Å². The molecule has 0 aliphatic heterocycles. The van der Waals surface area contributed by atoms with Crippen LogP contribution in [0, 0.1) is 0 Å². The molecular formula is C37H24N10O. The minimum Gasteiger partial charge on any atom is -0.292 e. The van der Waals surface area contributed by atoms with Gasteiger partial charge in [0.25, 0.3) is 0 Å². The summed E-state index contributed by atoms with van der Waals surface area (Å²) in [6.07, 6.45) is 6.91. The fourth-order valence-corrected chi connectivity index (χ4v) is 5.37. The minimum absolute atomic E-state index is 0.312. The van der Waals surface area contributed by atoms with Crippen LogP contribution in [0.2, 0.25) is 0 Å². The molecule has 11 nitrogen and oxygen atoms in total. The number of aromatic nitrogens is 8. The van der Waals surface area contributed by atoms with Crippen molar-refractivity contribution >= 4 is 39.7 Å². The molecule has 228 valence electrons. The summed E-state index contributed by atoms with van der Waals surface area (Å²) in [5.74, 6) is 0.623. The molecule has 8 heterocycles. The summed E-state index contributed by atoms with van der Waals surface area (Å²) in [5, 5.41) is 7.19. The first-order valence-corrected chi connectivity index (χ1v) is 15.1. The van der Waals surface area contributed by atoms with Gasteiger partial charge in [-0.25, -0.2) is 24.7 Å². The number of nitrogens with one attached hydrogen (secondary N) is 2. The Hall–Kier alpha value is -7.01. The van der Waals surface area contributed by atoms with Gasteiger partial charge in [-0.3, -0.25) is 30.6 Å². The lowest BCUT2D eigenvalue weighted by atomic mass is 10.0. The number of rotatable bonds is 6. The molecule has 2 N–H and O–H groups in total. The number of fused-ring (bicyclic) bond motifs is 2. The maximum absolute atomic E-state index is 13.2. The second-order valence-corrected chi connectivity index (χ2v) is 10.7. The molecule has 0 atom stereocenters. The third-order valence-corrected chi connectivity index (χ3v) is 7.56. The highest BCUT2D eigenvalue weighted by Crippen LogP contribution is 2.32. The molecule has 0 fully saturated rings. The van der Waals surface area contributed by atoms with Gasteiger partial charge in [-0.05, 0) is 84.9 Å². The third kappa shape index (κ3) is 5.74. The lowest BCUT2D eigenvalue weighted by Gasteiger charge is -2.12. The molecule has 0 saturated carbocycles. The summed E-state index contributed by atoms with van der Waals surface area (Å²) in [5.41, 5.74) is 6.81. The number of anilines is 2. The largest absolute Gasteiger partial charge is 0.326 e. The van der Waals surface area contributed by atoms with Crippen LogP contribution in [0.1, 0.15) is 0 Å². The first kappa shape index (κ1) is 28.5. The Morgan fingerprint density at radius 1 is 0.417 bits per heavy atom. The van der Waals surface area contributed by atoms with Crippen LogP contribution < -0.4 is 10.6 Å². The van der Waals surface area contributed by atoms with E-state index in [9.17, 15) is 4.79 Å². The second kappa shape index (κ2) is 12.4. The number of nitrogens with zero attached hydrogens (tertiary/aromatic N) is 8. The first-order valence-electron chi connectivity index (χ1n) is 15.1. The van der Waals surface area contributed by atoms with Crippen molar-refractivity contribution < 1.29 is 4.79 Å². The van der Waals surface area contributed by atoms with Crippen molar-refractivity contribution in [2.24, 2.45) is 0 Å². The molecule has 2 amide bonds. The van der Waals surface area contributed by atoms with Gasteiger partial charge in [-0.15, -0.1) is 0 Å². The van der Waals surface area contributed by atoms with Crippen molar-refractivity contribution in [3.63, 3.8) is 0 Å². The molecule has 0 aliphatic carbocycles. The number of hydrogen-bond acceptors (Lipinski definition) is 9. The van der Waals surface area contributed by atoms with Gasteiger partial charge in [0.15, 0.2) is 11.3 Å². The minimum atomic E-state index is -0.523. The monoisotopic (exact) mass is 624 g/mol. The quantitative estimate of drug-likeness (QED) is 0.192. The van der Waals surface area contributed by atoms with E-state index in [2.05, 4.69) is 40.5 Å². The number of amides is 2. The average molecular weight is 625 g/mol.